The number of aryl methyl sites for hydroxylation is 2. The van der Waals surface area contributed by atoms with Crippen molar-refractivity contribution in [3.05, 3.63) is 22.2 Å². The van der Waals surface area contributed by atoms with Gasteiger partial charge >= 0.3 is 0 Å². The Hall–Kier alpha value is -1.66. The molecule has 0 spiro atoms. The summed E-state index contributed by atoms with van der Waals surface area (Å²) in [6.07, 6.45) is 0. The minimum atomic E-state index is -0.0108. The van der Waals surface area contributed by atoms with E-state index < -0.39 is 0 Å². The van der Waals surface area contributed by atoms with Crippen LogP contribution in [0.3, 0.4) is 0 Å². The maximum atomic E-state index is 12.8. The summed E-state index contributed by atoms with van der Waals surface area (Å²) >= 11 is 1.39. The van der Waals surface area contributed by atoms with E-state index in [4.69, 9.17) is 10.5 Å². The number of nitrogen functional groups attached to an aromatic ring is 1. The molecule has 1 atom stereocenters. The maximum absolute atomic E-state index is 12.8. The molecule has 1 fully saturated rings. The lowest BCUT2D eigenvalue weighted by molar-refractivity contribution is 0.00392. The molecular formula is C15H19N3O2S. The van der Waals surface area contributed by atoms with Crippen LogP contribution >= 0.6 is 11.3 Å². The van der Waals surface area contributed by atoms with Crippen LogP contribution in [0.25, 0.3) is 10.2 Å². The first-order chi connectivity index (χ1) is 9.99. The van der Waals surface area contributed by atoms with Crippen LogP contribution in [0.5, 0.6) is 0 Å². The van der Waals surface area contributed by atoms with E-state index >= 15 is 0 Å². The van der Waals surface area contributed by atoms with Crippen molar-refractivity contribution in [2.45, 2.75) is 26.8 Å². The second-order valence-corrected chi connectivity index (χ2v) is 6.53. The van der Waals surface area contributed by atoms with Gasteiger partial charge in [0.2, 0.25) is 0 Å². The van der Waals surface area contributed by atoms with Gasteiger partial charge in [-0.25, -0.2) is 4.98 Å². The molecule has 0 radical (unpaired) electrons. The van der Waals surface area contributed by atoms with E-state index in [2.05, 4.69) is 4.98 Å². The second-order valence-electron chi connectivity index (χ2n) is 5.53. The van der Waals surface area contributed by atoms with Gasteiger partial charge in [0.1, 0.15) is 9.71 Å². The normalized spacial score (nSPS) is 19.2. The molecule has 5 nitrogen and oxygen atoms in total. The molecule has 3 heterocycles. The molecule has 1 unspecified atom stereocenters. The van der Waals surface area contributed by atoms with E-state index in [9.17, 15) is 4.79 Å². The number of aromatic nitrogens is 1. The fourth-order valence-corrected chi connectivity index (χ4v) is 3.96. The number of thiophene rings is 1. The van der Waals surface area contributed by atoms with Crippen molar-refractivity contribution in [3.8, 4) is 0 Å². The Bertz CT molecular complexity index is 710. The summed E-state index contributed by atoms with van der Waals surface area (Å²) in [4.78, 5) is 20.6. The second kappa shape index (κ2) is 5.27. The molecule has 1 aliphatic heterocycles. The number of carbonyl (C=O) groups excluding carboxylic acids is 1. The van der Waals surface area contributed by atoms with Crippen LogP contribution in [0.2, 0.25) is 0 Å². The maximum Gasteiger partial charge on any atom is 0.266 e. The zero-order valence-electron chi connectivity index (χ0n) is 12.5. The number of amides is 1. The number of rotatable bonds is 1. The van der Waals surface area contributed by atoms with Crippen molar-refractivity contribution in [1.29, 1.82) is 0 Å². The van der Waals surface area contributed by atoms with Gasteiger partial charge in [-0.05, 0) is 32.4 Å². The Morgan fingerprint density at radius 2 is 2.29 bits per heavy atom. The molecule has 21 heavy (non-hydrogen) atoms. The van der Waals surface area contributed by atoms with Crippen LogP contribution in [0.15, 0.2) is 6.07 Å². The summed E-state index contributed by atoms with van der Waals surface area (Å²) in [5.41, 5.74) is 8.81. The van der Waals surface area contributed by atoms with Crippen molar-refractivity contribution in [1.82, 2.24) is 9.88 Å². The van der Waals surface area contributed by atoms with Crippen molar-refractivity contribution in [3.63, 3.8) is 0 Å². The smallest absolute Gasteiger partial charge is 0.266 e. The number of hydrogen-bond acceptors (Lipinski definition) is 5. The fraction of sp³-hybridized carbons (Fsp3) is 0.467. The number of carbonyl (C=O) groups is 1. The molecule has 6 heteroatoms. The van der Waals surface area contributed by atoms with E-state index in [1.54, 1.807) is 0 Å². The lowest BCUT2D eigenvalue weighted by Gasteiger charge is -2.33. The molecule has 1 amide bonds. The average molecular weight is 305 g/mol. The van der Waals surface area contributed by atoms with Crippen LogP contribution < -0.4 is 5.73 Å². The predicted octanol–water partition coefficient (Wildman–Crippen LogP) is 2.36. The third-order valence-electron chi connectivity index (χ3n) is 3.85. The highest BCUT2D eigenvalue weighted by molar-refractivity contribution is 7.21. The first-order valence-corrected chi connectivity index (χ1v) is 7.85. The number of nitrogens with two attached hydrogens (primary N) is 1. The number of nitrogens with zero attached hydrogens (tertiary/aromatic N) is 2. The average Bonchev–Trinajstić information content (AvgIpc) is 2.75. The van der Waals surface area contributed by atoms with Gasteiger partial charge in [0.15, 0.2) is 0 Å². The van der Waals surface area contributed by atoms with Crippen molar-refractivity contribution < 1.29 is 9.53 Å². The Kier molecular flexibility index (Phi) is 3.59. The van der Waals surface area contributed by atoms with Crippen molar-refractivity contribution >= 4 is 33.1 Å². The molecule has 1 saturated heterocycles. The molecule has 2 aromatic heterocycles. The Labute approximate surface area is 127 Å². The molecule has 3 rings (SSSR count). The summed E-state index contributed by atoms with van der Waals surface area (Å²) in [7, 11) is 0. The third-order valence-corrected chi connectivity index (χ3v) is 4.93. The zero-order chi connectivity index (χ0) is 15.1. The lowest BCUT2D eigenvalue weighted by atomic mass is 10.1. The van der Waals surface area contributed by atoms with Crippen LogP contribution in [-0.2, 0) is 4.74 Å². The van der Waals surface area contributed by atoms with Gasteiger partial charge in [-0.1, -0.05) is 0 Å². The number of morpholine rings is 1. The van der Waals surface area contributed by atoms with Crippen LogP contribution in [0.1, 0.15) is 27.9 Å². The van der Waals surface area contributed by atoms with Crippen LogP contribution in [0, 0.1) is 13.8 Å². The van der Waals surface area contributed by atoms with E-state index in [0.29, 0.717) is 30.3 Å². The fourth-order valence-electron chi connectivity index (χ4n) is 2.79. The summed E-state index contributed by atoms with van der Waals surface area (Å²) in [6.45, 7) is 7.72. The van der Waals surface area contributed by atoms with Gasteiger partial charge in [-0.15, -0.1) is 11.3 Å². The Balaban J connectivity index is 2.06. The topological polar surface area (TPSA) is 68.5 Å². The highest BCUT2D eigenvalue weighted by Crippen LogP contribution is 2.36. The first-order valence-electron chi connectivity index (χ1n) is 7.04. The van der Waals surface area contributed by atoms with Crippen molar-refractivity contribution in [2.75, 3.05) is 25.5 Å². The van der Waals surface area contributed by atoms with Gasteiger partial charge in [-0.3, -0.25) is 4.79 Å². The van der Waals surface area contributed by atoms with Gasteiger partial charge in [0, 0.05) is 17.6 Å². The van der Waals surface area contributed by atoms with E-state index in [-0.39, 0.29) is 11.9 Å². The molecule has 0 bridgehead atoms. The molecule has 1 aliphatic rings. The highest BCUT2D eigenvalue weighted by atomic mass is 32.1. The van der Waals surface area contributed by atoms with Gasteiger partial charge in [0.25, 0.3) is 5.91 Å². The van der Waals surface area contributed by atoms with Crippen LogP contribution in [-0.4, -0.2) is 41.6 Å². The van der Waals surface area contributed by atoms with Crippen LogP contribution in [0.4, 0.5) is 5.69 Å². The quantitative estimate of drug-likeness (QED) is 0.878. The molecule has 0 aliphatic carbocycles. The van der Waals surface area contributed by atoms with Crippen molar-refractivity contribution in [2.24, 2.45) is 0 Å². The van der Waals surface area contributed by atoms with E-state index in [0.717, 1.165) is 21.5 Å². The lowest BCUT2D eigenvalue weighted by Crippen LogP contribution is -2.47. The molecule has 112 valence electrons. The minimum Gasteiger partial charge on any atom is -0.397 e. The summed E-state index contributed by atoms with van der Waals surface area (Å²) in [6, 6.07) is 2.07. The zero-order valence-corrected chi connectivity index (χ0v) is 13.3. The number of anilines is 1. The largest absolute Gasteiger partial charge is 0.397 e. The summed E-state index contributed by atoms with van der Waals surface area (Å²) in [5, 5.41) is 0.912. The van der Waals surface area contributed by atoms with Gasteiger partial charge in [-0.2, -0.15) is 0 Å². The standard InChI is InChI=1S/C15H19N3O2S/c1-8-6-9(2)17-14-11(8)12(16)13(21-14)15(19)18-4-5-20-7-10(18)3/h6,10H,4-5,7,16H2,1-3H3. The molecule has 2 aromatic rings. The molecule has 2 N–H and O–H groups in total. The number of fused-ring (bicyclic) bond motifs is 1. The predicted molar refractivity (Wildman–Crippen MR) is 84.8 cm³/mol. The molecule has 0 saturated carbocycles. The Morgan fingerprint density at radius 1 is 1.52 bits per heavy atom. The minimum absolute atomic E-state index is 0.0108. The number of pyridine rings is 1. The Morgan fingerprint density at radius 3 is 3.00 bits per heavy atom. The molecular weight excluding hydrogens is 286 g/mol. The number of hydrogen-bond donors (Lipinski definition) is 1. The SMILES string of the molecule is Cc1cc(C)c2c(N)c(C(=O)N3CCOCC3C)sc2n1. The first kappa shape index (κ1) is 14.3. The highest BCUT2D eigenvalue weighted by Gasteiger charge is 2.28. The monoisotopic (exact) mass is 305 g/mol. The van der Waals surface area contributed by atoms with Gasteiger partial charge < -0.3 is 15.4 Å². The summed E-state index contributed by atoms with van der Waals surface area (Å²) in [5.74, 6) is -0.0108. The third kappa shape index (κ3) is 2.38. The number of ether oxygens (including phenoxy) is 1. The molecule has 0 aromatic carbocycles. The van der Waals surface area contributed by atoms with E-state index in [1.165, 1.54) is 11.3 Å². The van der Waals surface area contributed by atoms with E-state index in [1.807, 2.05) is 31.7 Å². The van der Waals surface area contributed by atoms with Gasteiger partial charge in [0.05, 0.1) is 24.9 Å². The summed E-state index contributed by atoms with van der Waals surface area (Å²) < 4.78 is 5.39.